The number of halogens is 1. The van der Waals surface area contributed by atoms with Gasteiger partial charge in [0.05, 0.1) is 12.7 Å². The monoisotopic (exact) mass is 371 g/mol. The maximum atomic E-state index is 12.0. The van der Waals surface area contributed by atoms with Gasteiger partial charge in [-0.2, -0.15) is 0 Å². The molecule has 1 amide bonds. The van der Waals surface area contributed by atoms with Crippen LogP contribution in [0.1, 0.15) is 16.7 Å². The molecule has 0 radical (unpaired) electrons. The molecule has 1 N–H and O–H groups in total. The molecular formula is C20H18ClNO4. The molecule has 26 heavy (non-hydrogen) atoms. The molecule has 0 aliphatic heterocycles. The summed E-state index contributed by atoms with van der Waals surface area (Å²) in [7, 11) is 0. The fraction of sp³-hybridized carbons (Fsp3) is 0.200. The molecule has 0 spiro atoms. The van der Waals surface area contributed by atoms with Gasteiger partial charge in [0, 0.05) is 21.7 Å². The van der Waals surface area contributed by atoms with E-state index in [2.05, 4.69) is 5.32 Å². The minimum atomic E-state index is -0.490. The molecule has 0 aliphatic carbocycles. The molecule has 0 bridgehead atoms. The Morgan fingerprint density at radius 1 is 1.15 bits per heavy atom. The van der Waals surface area contributed by atoms with Gasteiger partial charge < -0.3 is 14.5 Å². The number of carbonyl (C=O) groups excluding carboxylic acids is 2. The molecule has 0 fully saturated rings. The van der Waals surface area contributed by atoms with E-state index < -0.39 is 11.9 Å². The molecule has 5 nitrogen and oxygen atoms in total. The van der Waals surface area contributed by atoms with E-state index in [1.807, 2.05) is 32.0 Å². The highest BCUT2D eigenvalue weighted by Crippen LogP contribution is 2.23. The summed E-state index contributed by atoms with van der Waals surface area (Å²) in [6.07, 6.45) is 1.59. The highest BCUT2D eigenvalue weighted by Gasteiger charge is 2.13. The highest BCUT2D eigenvalue weighted by atomic mass is 35.5. The first-order valence-electron chi connectivity index (χ1n) is 8.11. The normalized spacial score (nSPS) is 10.7. The van der Waals surface area contributed by atoms with Crippen LogP contribution in [0.4, 0.5) is 5.69 Å². The third-order valence-electron chi connectivity index (χ3n) is 3.97. The van der Waals surface area contributed by atoms with Crippen molar-refractivity contribution in [1.29, 1.82) is 0 Å². The van der Waals surface area contributed by atoms with Crippen molar-refractivity contribution in [3.63, 3.8) is 0 Å². The molecule has 1 heterocycles. The van der Waals surface area contributed by atoms with Gasteiger partial charge in [0.25, 0.3) is 5.91 Å². The molecule has 3 aromatic rings. The number of benzene rings is 2. The molecule has 0 unspecified atom stereocenters. The van der Waals surface area contributed by atoms with E-state index in [0.29, 0.717) is 10.7 Å². The summed E-state index contributed by atoms with van der Waals surface area (Å²) in [4.78, 5) is 24.0. The molecule has 0 atom stereocenters. The third-order valence-corrected chi connectivity index (χ3v) is 4.21. The summed E-state index contributed by atoms with van der Waals surface area (Å²) in [6, 6.07) is 10.9. The average molecular weight is 372 g/mol. The molecular weight excluding hydrogens is 354 g/mol. The van der Waals surface area contributed by atoms with Crippen LogP contribution in [-0.2, 0) is 20.7 Å². The minimum Gasteiger partial charge on any atom is -0.464 e. The van der Waals surface area contributed by atoms with E-state index in [9.17, 15) is 9.59 Å². The van der Waals surface area contributed by atoms with Crippen LogP contribution in [0.25, 0.3) is 11.0 Å². The maximum absolute atomic E-state index is 12.0. The number of hydrogen-bond donors (Lipinski definition) is 1. The number of aryl methyl sites for hydroxylation is 2. The lowest BCUT2D eigenvalue weighted by molar-refractivity contribution is -0.146. The van der Waals surface area contributed by atoms with Gasteiger partial charge in [-0.05, 0) is 49.2 Å². The average Bonchev–Trinajstić information content (AvgIpc) is 2.97. The van der Waals surface area contributed by atoms with Crippen molar-refractivity contribution in [3.8, 4) is 0 Å². The summed E-state index contributed by atoms with van der Waals surface area (Å²) in [5.74, 6) is -0.896. The van der Waals surface area contributed by atoms with Crippen molar-refractivity contribution in [3.05, 3.63) is 64.4 Å². The fourth-order valence-electron chi connectivity index (χ4n) is 2.63. The van der Waals surface area contributed by atoms with Gasteiger partial charge in [-0.3, -0.25) is 9.59 Å². The third kappa shape index (κ3) is 4.24. The number of anilines is 1. The molecule has 3 rings (SSSR count). The number of fused-ring (bicyclic) bond motifs is 1. The second-order valence-corrected chi connectivity index (χ2v) is 6.54. The molecule has 0 aliphatic rings. The Morgan fingerprint density at radius 3 is 2.73 bits per heavy atom. The molecule has 1 aromatic heterocycles. The Hall–Kier alpha value is -2.79. The van der Waals surface area contributed by atoms with Crippen LogP contribution in [0.3, 0.4) is 0 Å². The first kappa shape index (κ1) is 18.0. The Kier molecular flexibility index (Phi) is 5.28. The summed E-state index contributed by atoms with van der Waals surface area (Å²) in [5, 5.41) is 4.16. The van der Waals surface area contributed by atoms with Crippen LogP contribution in [0, 0.1) is 13.8 Å². The van der Waals surface area contributed by atoms with E-state index in [0.717, 1.165) is 27.7 Å². The maximum Gasteiger partial charge on any atom is 0.310 e. The smallest absolute Gasteiger partial charge is 0.310 e. The van der Waals surface area contributed by atoms with Gasteiger partial charge in [-0.25, -0.2) is 0 Å². The van der Waals surface area contributed by atoms with Crippen LogP contribution in [-0.4, -0.2) is 18.5 Å². The first-order chi connectivity index (χ1) is 12.4. The SMILES string of the molecule is Cc1ccc2c(CC(=O)OCC(=O)Nc3ccc(Cl)cc3C)coc2c1. The number of esters is 1. The summed E-state index contributed by atoms with van der Waals surface area (Å²) in [5.41, 5.74) is 4.00. The van der Waals surface area contributed by atoms with Crippen molar-refractivity contribution < 1.29 is 18.7 Å². The number of ether oxygens (including phenoxy) is 1. The predicted octanol–water partition coefficient (Wildman–Crippen LogP) is 4.43. The van der Waals surface area contributed by atoms with Crippen LogP contribution in [0.15, 0.2) is 47.1 Å². The zero-order valence-electron chi connectivity index (χ0n) is 14.5. The van der Waals surface area contributed by atoms with Crippen LogP contribution >= 0.6 is 11.6 Å². The van der Waals surface area contributed by atoms with Crippen molar-refractivity contribution >= 4 is 40.1 Å². The van der Waals surface area contributed by atoms with Crippen molar-refractivity contribution in [2.45, 2.75) is 20.3 Å². The largest absolute Gasteiger partial charge is 0.464 e. The fourth-order valence-corrected chi connectivity index (χ4v) is 2.86. The van der Waals surface area contributed by atoms with Gasteiger partial charge in [-0.1, -0.05) is 23.7 Å². The van der Waals surface area contributed by atoms with E-state index in [1.54, 1.807) is 24.5 Å². The first-order valence-corrected chi connectivity index (χ1v) is 8.48. The van der Waals surface area contributed by atoms with Gasteiger partial charge in [0.15, 0.2) is 6.61 Å². The van der Waals surface area contributed by atoms with Crippen LogP contribution < -0.4 is 5.32 Å². The quantitative estimate of drug-likeness (QED) is 0.674. The molecule has 0 saturated heterocycles. The highest BCUT2D eigenvalue weighted by molar-refractivity contribution is 6.30. The molecule has 0 saturated carbocycles. The van der Waals surface area contributed by atoms with E-state index in [1.165, 1.54) is 0 Å². The van der Waals surface area contributed by atoms with E-state index in [4.69, 9.17) is 20.8 Å². The van der Waals surface area contributed by atoms with E-state index in [-0.39, 0.29) is 13.0 Å². The Bertz CT molecular complexity index is 977. The molecule has 6 heteroatoms. The second-order valence-electron chi connectivity index (χ2n) is 6.11. The van der Waals surface area contributed by atoms with Gasteiger partial charge >= 0.3 is 5.97 Å². The zero-order valence-corrected chi connectivity index (χ0v) is 15.2. The number of amides is 1. The Labute approximate surface area is 155 Å². The van der Waals surface area contributed by atoms with Crippen LogP contribution in [0.2, 0.25) is 5.02 Å². The zero-order chi connectivity index (χ0) is 18.7. The standard InChI is InChI=1S/C20H18ClNO4/c1-12-3-5-16-14(10-25-18(16)7-12)9-20(24)26-11-19(23)22-17-6-4-15(21)8-13(17)2/h3-8,10H,9,11H2,1-2H3,(H,22,23). The number of furan rings is 1. The van der Waals surface area contributed by atoms with Crippen molar-refractivity contribution in [2.24, 2.45) is 0 Å². The van der Waals surface area contributed by atoms with Crippen LogP contribution in [0.5, 0.6) is 0 Å². The Balaban J connectivity index is 1.55. The number of nitrogens with one attached hydrogen (secondary N) is 1. The summed E-state index contributed by atoms with van der Waals surface area (Å²) >= 11 is 5.88. The molecule has 2 aromatic carbocycles. The lowest BCUT2D eigenvalue weighted by Gasteiger charge is -2.09. The second kappa shape index (κ2) is 7.62. The summed E-state index contributed by atoms with van der Waals surface area (Å²) < 4.78 is 10.5. The van der Waals surface area contributed by atoms with Crippen molar-refractivity contribution in [2.75, 3.05) is 11.9 Å². The molecule has 134 valence electrons. The minimum absolute atomic E-state index is 0.0450. The topological polar surface area (TPSA) is 68.5 Å². The lowest BCUT2D eigenvalue weighted by atomic mass is 10.1. The van der Waals surface area contributed by atoms with E-state index >= 15 is 0 Å². The van der Waals surface area contributed by atoms with Gasteiger partial charge in [-0.15, -0.1) is 0 Å². The Morgan fingerprint density at radius 2 is 1.96 bits per heavy atom. The van der Waals surface area contributed by atoms with Crippen molar-refractivity contribution in [1.82, 2.24) is 0 Å². The van der Waals surface area contributed by atoms with Gasteiger partial charge in [0.1, 0.15) is 5.58 Å². The van der Waals surface area contributed by atoms with Gasteiger partial charge in [0.2, 0.25) is 0 Å². The predicted molar refractivity (Wildman–Crippen MR) is 100 cm³/mol. The lowest BCUT2D eigenvalue weighted by Crippen LogP contribution is -2.22. The number of hydrogen-bond acceptors (Lipinski definition) is 4. The number of carbonyl (C=O) groups is 2. The number of rotatable bonds is 5. The summed E-state index contributed by atoms with van der Waals surface area (Å²) in [6.45, 7) is 3.45.